The Bertz CT molecular complexity index is 478. The lowest BCUT2D eigenvalue weighted by Gasteiger charge is -2.02. The van der Waals surface area contributed by atoms with Crippen LogP contribution in [0.2, 0.25) is 0 Å². The second-order valence-corrected chi connectivity index (χ2v) is 4.62. The molecule has 0 amide bonds. The van der Waals surface area contributed by atoms with Crippen LogP contribution in [0.15, 0.2) is 24.5 Å². The molecule has 15 heavy (non-hydrogen) atoms. The van der Waals surface area contributed by atoms with Gasteiger partial charge in [-0.05, 0) is 31.4 Å². The van der Waals surface area contributed by atoms with E-state index in [1.165, 1.54) is 36.9 Å². The van der Waals surface area contributed by atoms with Crippen LogP contribution in [-0.4, -0.2) is 9.38 Å². The lowest BCUT2D eigenvalue weighted by atomic mass is 10.1. The summed E-state index contributed by atoms with van der Waals surface area (Å²) in [5.74, 6) is 0.713. The van der Waals surface area contributed by atoms with E-state index in [0.717, 1.165) is 5.65 Å². The monoisotopic (exact) mass is 200 g/mol. The summed E-state index contributed by atoms with van der Waals surface area (Å²) in [6.45, 7) is 2.12. The second kappa shape index (κ2) is 3.37. The summed E-state index contributed by atoms with van der Waals surface area (Å²) < 4.78 is 2.16. The number of imidazole rings is 1. The van der Waals surface area contributed by atoms with Crippen molar-refractivity contribution in [3.8, 4) is 0 Å². The van der Waals surface area contributed by atoms with E-state index in [9.17, 15) is 0 Å². The van der Waals surface area contributed by atoms with Crippen LogP contribution < -0.4 is 0 Å². The number of aromatic nitrogens is 2. The third kappa shape index (κ3) is 1.54. The largest absolute Gasteiger partial charge is 0.307 e. The molecule has 0 N–H and O–H groups in total. The van der Waals surface area contributed by atoms with E-state index in [0.29, 0.717) is 5.92 Å². The molecule has 3 rings (SSSR count). The Morgan fingerprint density at radius 3 is 2.80 bits per heavy atom. The number of fused-ring (bicyclic) bond motifs is 1. The maximum absolute atomic E-state index is 4.70. The number of hydrogen-bond acceptors (Lipinski definition) is 1. The lowest BCUT2D eigenvalue weighted by Crippen LogP contribution is -1.91. The first-order valence-corrected chi connectivity index (χ1v) is 5.78. The molecular weight excluding hydrogens is 184 g/mol. The molecule has 0 radical (unpaired) electrons. The third-order valence-electron chi connectivity index (χ3n) is 3.39. The average Bonchev–Trinajstić information content (AvgIpc) is 2.84. The quantitative estimate of drug-likeness (QED) is 0.690. The fraction of sp³-hybridized carbons (Fsp3) is 0.462. The first-order chi connectivity index (χ1) is 7.33. The molecule has 0 saturated heterocycles. The van der Waals surface area contributed by atoms with Gasteiger partial charge in [0.1, 0.15) is 5.65 Å². The molecule has 78 valence electrons. The first kappa shape index (κ1) is 8.96. The van der Waals surface area contributed by atoms with Crippen molar-refractivity contribution in [1.29, 1.82) is 0 Å². The van der Waals surface area contributed by atoms with Gasteiger partial charge in [0.15, 0.2) is 0 Å². The second-order valence-electron chi connectivity index (χ2n) is 4.62. The molecule has 0 atom stereocenters. The number of hydrogen-bond donors (Lipinski definition) is 0. The topological polar surface area (TPSA) is 17.3 Å². The van der Waals surface area contributed by atoms with Gasteiger partial charge in [-0.25, -0.2) is 4.98 Å². The highest BCUT2D eigenvalue weighted by atomic mass is 15.0. The minimum Gasteiger partial charge on any atom is -0.307 e. The van der Waals surface area contributed by atoms with Crippen molar-refractivity contribution in [2.24, 2.45) is 0 Å². The molecular formula is C13H16N2. The fourth-order valence-electron chi connectivity index (χ4n) is 2.54. The standard InChI is InChI=1S/C13H16N2/c1-10-6-7-13-14-12(9-15(13)8-10)11-4-2-3-5-11/h6-9,11H,2-5H2,1H3. The smallest absolute Gasteiger partial charge is 0.136 e. The molecule has 2 aromatic heterocycles. The van der Waals surface area contributed by atoms with E-state index in [2.05, 4.69) is 35.9 Å². The summed E-state index contributed by atoms with van der Waals surface area (Å²) in [4.78, 5) is 4.70. The van der Waals surface area contributed by atoms with Crippen LogP contribution in [0, 0.1) is 6.92 Å². The van der Waals surface area contributed by atoms with Gasteiger partial charge in [-0.3, -0.25) is 0 Å². The SMILES string of the molecule is Cc1ccc2nc(C3CCCC3)cn2c1. The minimum absolute atomic E-state index is 0.713. The summed E-state index contributed by atoms with van der Waals surface area (Å²) in [7, 11) is 0. The predicted octanol–water partition coefficient (Wildman–Crippen LogP) is 3.30. The van der Waals surface area contributed by atoms with Crippen molar-refractivity contribution in [2.45, 2.75) is 38.5 Å². The Morgan fingerprint density at radius 2 is 2.00 bits per heavy atom. The van der Waals surface area contributed by atoms with Crippen molar-refractivity contribution in [3.05, 3.63) is 35.8 Å². The molecule has 0 aliphatic heterocycles. The van der Waals surface area contributed by atoms with E-state index in [4.69, 9.17) is 4.98 Å². The number of rotatable bonds is 1. The molecule has 2 nitrogen and oxygen atoms in total. The highest BCUT2D eigenvalue weighted by Gasteiger charge is 2.19. The van der Waals surface area contributed by atoms with E-state index in [1.807, 2.05) is 0 Å². The first-order valence-electron chi connectivity index (χ1n) is 5.78. The molecule has 2 aromatic rings. The van der Waals surface area contributed by atoms with Gasteiger partial charge < -0.3 is 4.40 Å². The Labute approximate surface area is 90.0 Å². The Kier molecular flexibility index (Phi) is 2.01. The number of nitrogens with zero attached hydrogens (tertiary/aromatic N) is 2. The summed E-state index contributed by atoms with van der Waals surface area (Å²) in [6.07, 6.45) is 9.75. The van der Waals surface area contributed by atoms with Crippen molar-refractivity contribution >= 4 is 5.65 Å². The summed E-state index contributed by atoms with van der Waals surface area (Å²) in [5, 5.41) is 0. The zero-order chi connectivity index (χ0) is 10.3. The normalized spacial score (nSPS) is 17.7. The molecule has 2 heteroatoms. The third-order valence-corrected chi connectivity index (χ3v) is 3.39. The van der Waals surface area contributed by atoms with Crippen LogP contribution >= 0.6 is 0 Å². The van der Waals surface area contributed by atoms with Crippen molar-refractivity contribution in [3.63, 3.8) is 0 Å². The minimum atomic E-state index is 0.713. The van der Waals surface area contributed by atoms with Gasteiger partial charge in [0.05, 0.1) is 5.69 Å². The van der Waals surface area contributed by atoms with Gasteiger partial charge in [-0.15, -0.1) is 0 Å². The lowest BCUT2D eigenvalue weighted by molar-refractivity contribution is 0.703. The van der Waals surface area contributed by atoms with Gasteiger partial charge in [0, 0.05) is 18.3 Å². The zero-order valence-electron chi connectivity index (χ0n) is 9.11. The number of aryl methyl sites for hydroxylation is 1. The highest BCUT2D eigenvalue weighted by molar-refractivity contribution is 5.41. The van der Waals surface area contributed by atoms with Crippen molar-refractivity contribution < 1.29 is 0 Å². The van der Waals surface area contributed by atoms with Crippen molar-refractivity contribution in [1.82, 2.24) is 9.38 Å². The summed E-state index contributed by atoms with van der Waals surface area (Å²) in [6, 6.07) is 4.23. The predicted molar refractivity (Wildman–Crippen MR) is 61.1 cm³/mol. The molecule has 0 spiro atoms. The molecule has 1 aliphatic carbocycles. The average molecular weight is 200 g/mol. The maximum Gasteiger partial charge on any atom is 0.136 e. The van der Waals surface area contributed by atoms with E-state index < -0.39 is 0 Å². The van der Waals surface area contributed by atoms with Gasteiger partial charge in [0.2, 0.25) is 0 Å². The zero-order valence-corrected chi connectivity index (χ0v) is 9.11. The Balaban J connectivity index is 2.05. The van der Waals surface area contributed by atoms with E-state index in [1.54, 1.807) is 0 Å². The van der Waals surface area contributed by atoms with Crippen molar-refractivity contribution in [2.75, 3.05) is 0 Å². The summed E-state index contributed by atoms with van der Waals surface area (Å²) >= 11 is 0. The van der Waals surface area contributed by atoms with Gasteiger partial charge >= 0.3 is 0 Å². The molecule has 0 unspecified atom stereocenters. The van der Waals surface area contributed by atoms with Crippen LogP contribution in [0.3, 0.4) is 0 Å². The van der Waals surface area contributed by atoms with Gasteiger partial charge in [-0.1, -0.05) is 18.9 Å². The summed E-state index contributed by atoms with van der Waals surface area (Å²) in [5.41, 5.74) is 3.67. The molecule has 1 saturated carbocycles. The highest BCUT2D eigenvalue weighted by Crippen LogP contribution is 2.33. The molecule has 0 aromatic carbocycles. The van der Waals surface area contributed by atoms with Crippen LogP contribution in [0.5, 0.6) is 0 Å². The number of pyridine rings is 1. The molecule has 1 fully saturated rings. The van der Waals surface area contributed by atoms with Gasteiger partial charge in [-0.2, -0.15) is 0 Å². The van der Waals surface area contributed by atoms with Crippen LogP contribution in [0.25, 0.3) is 5.65 Å². The Hall–Kier alpha value is -1.31. The molecule has 1 aliphatic rings. The van der Waals surface area contributed by atoms with Crippen LogP contribution in [-0.2, 0) is 0 Å². The molecule has 2 heterocycles. The molecule has 0 bridgehead atoms. The van der Waals surface area contributed by atoms with E-state index >= 15 is 0 Å². The fourth-order valence-corrected chi connectivity index (χ4v) is 2.54. The Morgan fingerprint density at radius 1 is 1.20 bits per heavy atom. The van der Waals surface area contributed by atoms with Gasteiger partial charge in [0.25, 0.3) is 0 Å². The van der Waals surface area contributed by atoms with Crippen LogP contribution in [0.1, 0.15) is 42.9 Å². The maximum atomic E-state index is 4.70. The van der Waals surface area contributed by atoms with Crippen LogP contribution in [0.4, 0.5) is 0 Å². The van der Waals surface area contributed by atoms with E-state index in [-0.39, 0.29) is 0 Å².